The fraction of sp³-hybridized carbons (Fsp3) is 0.0984. The number of benzene rings is 9. The molecule has 0 aliphatic carbocycles. The Morgan fingerprint density at radius 1 is 0.364 bits per heavy atom. The Hall–Kier alpha value is -7.89. The minimum absolute atomic E-state index is 0.00546. The summed E-state index contributed by atoms with van der Waals surface area (Å²) in [7, 11) is 0. The number of aryl methyl sites for hydroxylation is 6. The number of hydrogen-bond donors (Lipinski definition) is 0. The Kier molecular flexibility index (Phi) is 11.4. The lowest BCUT2D eigenvalue weighted by molar-refractivity contribution is 1.02. The third-order valence-corrected chi connectivity index (χ3v) is 12.9. The molecule has 0 spiro atoms. The second-order valence-corrected chi connectivity index (χ2v) is 17.6. The Labute approximate surface area is 389 Å². The Bertz CT molecular complexity index is 3210. The topological polar surface area (TPSA) is 41.9 Å². The molecule has 0 aliphatic rings. The van der Waals surface area contributed by atoms with Gasteiger partial charge in [0.05, 0.1) is 5.69 Å². The number of fused-ring (bicyclic) bond motifs is 1. The van der Waals surface area contributed by atoms with E-state index in [0.717, 1.165) is 33.5 Å². The lowest BCUT2D eigenvalue weighted by Crippen LogP contribution is -2.56. The van der Waals surface area contributed by atoms with Crippen LogP contribution in [0.15, 0.2) is 200 Å². The fourth-order valence-corrected chi connectivity index (χ4v) is 10.2. The van der Waals surface area contributed by atoms with Crippen molar-refractivity contribution in [2.45, 2.75) is 41.5 Å². The Morgan fingerprint density at radius 2 is 0.773 bits per heavy atom. The second kappa shape index (κ2) is 17.9. The van der Waals surface area contributed by atoms with Gasteiger partial charge in [0.2, 0.25) is 12.7 Å². The molecule has 0 saturated heterocycles. The molecule has 9 aromatic carbocycles. The molecule has 1 aromatic heterocycles. The van der Waals surface area contributed by atoms with Crippen LogP contribution < -0.4 is 21.3 Å². The molecule has 4 nitrogen and oxygen atoms in total. The van der Waals surface area contributed by atoms with Gasteiger partial charge in [-0.05, 0) is 87.4 Å². The molecule has 0 fully saturated rings. The van der Waals surface area contributed by atoms with Crippen molar-refractivity contribution in [1.29, 1.82) is 0 Å². The van der Waals surface area contributed by atoms with Crippen molar-refractivity contribution >= 4 is 51.2 Å². The zero-order valence-electron chi connectivity index (χ0n) is 38.4. The van der Waals surface area contributed by atoms with Gasteiger partial charge < -0.3 is 0 Å². The largest absolute Gasteiger partial charge is 0.278 e. The summed E-state index contributed by atoms with van der Waals surface area (Å²) in [4.78, 5) is 18.0. The maximum atomic E-state index is 5.34. The molecule has 0 radical (unpaired) electrons. The summed E-state index contributed by atoms with van der Waals surface area (Å²) < 4.78 is 0. The molecular weight excluding hydrogens is 800 g/mol. The molecule has 1 heterocycles. The van der Waals surface area contributed by atoms with Gasteiger partial charge in [0.1, 0.15) is 0 Å². The van der Waals surface area contributed by atoms with Crippen molar-refractivity contribution < 1.29 is 0 Å². The van der Waals surface area contributed by atoms with Crippen molar-refractivity contribution in [3.05, 3.63) is 234 Å². The van der Waals surface area contributed by atoms with Crippen LogP contribution in [0.2, 0.25) is 0 Å². The third-order valence-electron chi connectivity index (χ3n) is 12.9. The van der Waals surface area contributed by atoms with Gasteiger partial charge >= 0.3 is 0 Å². The maximum Gasteiger partial charge on any atom is 0.243 e. The molecule has 66 heavy (non-hydrogen) atoms. The lowest BCUT2D eigenvalue weighted by Gasteiger charge is -2.29. The van der Waals surface area contributed by atoms with Crippen LogP contribution in [0.5, 0.6) is 0 Å². The van der Waals surface area contributed by atoms with Crippen LogP contribution in [0, 0.1) is 41.5 Å². The van der Waals surface area contributed by atoms with Crippen LogP contribution in [0.3, 0.4) is 0 Å². The number of rotatable bonds is 10. The van der Waals surface area contributed by atoms with Crippen LogP contribution in [-0.2, 0) is 0 Å². The van der Waals surface area contributed by atoms with Gasteiger partial charge in [-0.1, -0.05) is 232 Å². The van der Waals surface area contributed by atoms with Gasteiger partial charge in [-0.15, -0.1) is 0 Å². The molecule has 0 N–H and O–H groups in total. The fourth-order valence-electron chi connectivity index (χ4n) is 10.2. The molecule has 0 unspecified atom stereocenters. The molecular formula is C61H51BN4. The van der Waals surface area contributed by atoms with Crippen molar-refractivity contribution in [2.75, 3.05) is 4.90 Å². The summed E-state index contributed by atoms with van der Waals surface area (Å²) in [6, 6.07) is 71.3. The van der Waals surface area contributed by atoms with Gasteiger partial charge in [-0.2, -0.15) is 9.97 Å². The van der Waals surface area contributed by atoms with E-state index in [1.165, 1.54) is 71.8 Å². The quantitative estimate of drug-likeness (QED) is 0.129. The normalized spacial score (nSPS) is 11.2. The zero-order chi connectivity index (χ0) is 45.3. The molecule has 0 amide bonds. The predicted octanol–water partition coefficient (Wildman–Crippen LogP) is 13.5. The highest BCUT2D eigenvalue weighted by Crippen LogP contribution is 2.40. The minimum Gasteiger partial charge on any atom is -0.278 e. The standard InChI is InChI=1S/C61H51BN4/c1-40-36-42(3)57(43(4)37-40)62(58-44(5)38-41(2)39-45(58)6)55-34-35-56(54-29-19-18-28-53(54)55)66(50-32-30-47(31-33-50)52-27-17-16-26-51(52)46-20-10-7-11-21-46)61-64-59(48-22-12-8-13-23-48)63-60(65-61)49-24-14-9-15-25-49/h7-39H,1-6H3. The van der Waals surface area contributed by atoms with E-state index in [1.54, 1.807) is 0 Å². The van der Waals surface area contributed by atoms with E-state index in [2.05, 4.69) is 210 Å². The van der Waals surface area contributed by atoms with Crippen molar-refractivity contribution in [1.82, 2.24) is 15.0 Å². The zero-order valence-corrected chi connectivity index (χ0v) is 38.4. The van der Waals surface area contributed by atoms with E-state index >= 15 is 0 Å². The smallest absolute Gasteiger partial charge is 0.243 e. The Morgan fingerprint density at radius 3 is 1.26 bits per heavy atom. The van der Waals surface area contributed by atoms with E-state index in [9.17, 15) is 0 Å². The summed E-state index contributed by atoms with van der Waals surface area (Å²) in [5, 5.41) is 2.28. The van der Waals surface area contributed by atoms with Gasteiger partial charge in [-0.3, -0.25) is 4.90 Å². The molecule has 10 aromatic rings. The summed E-state index contributed by atoms with van der Waals surface area (Å²) >= 11 is 0. The van der Waals surface area contributed by atoms with E-state index in [1.807, 2.05) is 36.4 Å². The molecule has 318 valence electrons. The first-order valence-electron chi connectivity index (χ1n) is 22.8. The van der Waals surface area contributed by atoms with Gasteiger partial charge in [0.15, 0.2) is 11.6 Å². The number of hydrogen-bond acceptors (Lipinski definition) is 4. The van der Waals surface area contributed by atoms with E-state index < -0.39 is 0 Å². The second-order valence-electron chi connectivity index (χ2n) is 17.6. The molecule has 0 saturated carbocycles. The summed E-state index contributed by atoms with van der Waals surface area (Å²) in [5.41, 5.74) is 20.1. The SMILES string of the molecule is Cc1cc(C)c(B(c2c(C)cc(C)cc2C)c2ccc(N(c3ccc(-c4ccccc4-c4ccccc4)cc3)c3nc(-c4ccccc4)nc(-c4ccccc4)n3)c3ccccc23)c(C)c1. The highest BCUT2D eigenvalue weighted by atomic mass is 15.3. The van der Waals surface area contributed by atoms with Gasteiger partial charge in [0, 0.05) is 22.2 Å². The number of nitrogens with zero attached hydrogens (tertiary/aromatic N) is 4. The van der Waals surface area contributed by atoms with Gasteiger partial charge in [-0.25, -0.2) is 4.98 Å². The molecule has 0 atom stereocenters. The van der Waals surface area contributed by atoms with E-state index in [0.29, 0.717) is 17.6 Å². The predicted molar refractivity (Wildman–Crippen MR) is 280 cm³/mol. The summed E-state index contributed by atoms with van der Waals surface area (Å²) in [6.07, 6.45) is 0. The number of anilines is 3. The van der Waals surface area contributed by atoms with Crippen molar-refractivity contribution in [3.63, 3.8) is 0 Å². The third kappa shape index (κ3) is 8.09. The van der Waals surface area contributed by atoms with Crippen LogP contribution in [0.4, 0.5) is 17.3 Å². The van der Waals surface area contributed by atoms with Crippen LogP contribution in [0.1, 0.15) is 33.4 Å². The summed E-state index contributed by atoms with van der Waals surface area (Å²) in [6.45, 7) is 13.5. The molecule has 10 rings (SSSR count). The van der Waals surface area contributed by atoms with E-state index in [-0.39, 0.29) is 6.71 Å². The first kappa shape index (κ1) is 42.1. The average Bonchev–Trinajstić information content (AvgIpc) is 3.34. The summed E-state index contributed by atoms with van der Waals surface area (Å²) in [5.74, 6) is 1.74. The molecule has 0 aliphatic heterocycles. The van der Waals surface area contributed by atoms with Crippen LogP contribution in [0.25, 0.3) is 55.8 Å². The maximum absolute atomic E-state index is 5.34. The molecule has 5 heteroatoms. The first-order chi connectivity index (χ1) is 32.2. The minimum atomic E-state index is -0.00546. The number of aromatic nitrogens is 3. The molecule has 0 bridgehead atoms. The average molecular weight is 851 g/mol. The van der Waals surface area contributed by atoms with Crippen LogP contribution >= 0.6 is 0 Å². The lowest BCUT2D eigenvalue weighted by atomic mass is 9.33. The van der Waals surface area contributed by atoms with E-state index in [4.69, 9.17) is 15.0 Å². The first-order valence-corrected chi connectivity index (χ1v) is 22.8. The Balaban J connectivity index is 1.22. The van der Waals surface area contributed by atoms with Crippen LogP contribution in [-0.4, -0.2) is 21.7 Å². The highest BCUT2D eigenvalue weighted by molar-refractivity contribution is 6.98. The van der Waals surface area contributed by atoms with Gasteiger partial charge in [0.25, 0.3) is 0 Å². The monoisotopic (exact) mass is 850 g/mol. The van der Waals surface area contributed by atoms with Crippen molar-refractivity contribution in [2.24, 2.45) is 0 Å². The highest BCUT2D eigenvalue weighted by Gasteiger charge is 2.31. The van der Waals surface area contributed by atoms with Crippen molar-refractivity contribution in [3.8, 4) is 45.0 Å².